The van der Waals surface area contributed by atoms with Gasteiger partial charge in [0.15, 0.2) is 5.78 Å². The minimum atomic E-state index is -0.518. The fraction of sp³-hybridized carbons (Fsp3) is 0.618. The zero-order valence-electron chi connectivity index (χ0n) is 28.6. The molecule has 5 rings (SSSR count). The first-order chi connectivity index (χ1) is 20.5. The summed E-state index contributed by atoms with van der Waals surface area (Å²) >= 11 is 1.63. The highest BCUT2D eigenvalue weighted by Crippen LogP contribution is 2.36. The Morgan fingerprint density at radius 3 is 2.23 bits per heavy atom. The predicted molar refractivity (Wildman–Crippen MR) is 178 cm³/mol. The molecule has 1 saturated heterocycles. The van der Waals surface area contributed by atoms with Crippen LogP contribution in [-0.2, 0) is 22.4 Å². The van der Waals surface area contributed by atoms with E-state index in [1.165, 1.54) is 0 Å². The summed E-state index contributed by atoms with van der Waals surface area (Å²) in [5.74, 6) is 0.0742. The number of pyridine rings is 1. The first-order valence-electron chi connectivity index (χ1n) is 16.0. The Kier molecular flexibility index (Phi) is 13.9. The molecule has 0 bridgehead atoms. The number of morpholine rings is 1. The van der Waals surface area contributed by atoms with Gasteiger partial charge in [-0.15, -0.1) is 11.3 Å². The van der Waals surface area contributed by atoms with Gasteiger partial charge in [0.05, 0.1) is 25.5 Å². The van der Waals surface area contributed by atoms with Crippen LogP contribution in [0.15, 0.2) is 18.3 Å². The first-order valence-corrected chi connectivity index (χ1v) is 16.8. The number of aromatic nitrogens is 2. The lowest BCUT2D eigenvalue weighted by Gasteiger charge is -2.34. The Labute approximate surface area is 263 Å². The average Bonchev–Trinajstić information content (AvgIpc) is 3.63. The lowest BCUT2D eigenvalue weighted by atomic mass is 9.99. The van der Waals surface area contributed by atoms with Gasteiger partial charge in [0.25, 0.3) is 0 Å². The minimum absolute atomic E-state index is 0.0742. The van der Waals surface area contributed by atoms with Crippen molar-refractivity contribution < 1.29 is 19.1 Å². The van der Waals surface area contributed by atoms with Crippen LogP contribution in [0.25, 0.3) is 16.1 Å². The SMILES string of the molecule is CC.CC.CC.CC(=O)c1cc2cc(-c3nc4c(s3)CN(C(=O)OC(C)(C)C)CC4)cn2c(C(C)N2CCOCC2)c1C. The van der Waals surface area contributed by atoms with Crippen LogP contribution < -0.4 is 0 Å². The van der Waals surface area contributed by atoms with Crippen LogP contribution in [0.1, 0.15) is 114 Å². The maximum absolute atomic E-state index is 12.6. The second-order valence-corrected chi connectivity index (χ2v) is 12.1. The van der Waals surface area contributed by atoms with Gasteiger partial charge in [-0.05, 0) is 59.2 Å². The molecule has 5 heterocycles. The van der Waals surface area contributed by atoms with Crippen LogP contribution in [0, 0.1) is 6.92 Å². The third kappa shape index (κ3) is 8.67. The molecular weight excluding hydrogens is 560 g/mol. The van der Waals surface area contributed by atoms with Gasteiger partial charge in [0.1, 0.15) is 10.6 Å². The van der Waals surface area contributed by atoms with Crippen molar-refractivity contribution in [2.45, 2.75) is 108 Å². The number of hydrogen-bond donors (Lipinski definition) is 0. The summed E-state index contributed by atoms with van der Waals surface area (Å²) < 4.78 is 13.4. The molecule has 0 spiro atoms. The van der Waals surface area contributed by atoms with E-state index >= 15 is 0 Å². The number of thiazole rings is 1. The minimum Gasteiger partial charge on any atom is -0.444 e. The number of amides is 1. The Hall–Kier alpha value is -2.75. The van der Waals surface area contributed by atoms with Crippen molar-refractivity contribution in [2.75, 3.05) is 32.8 Å². The number of nitrogens with zero attached hydrogens (tertiary/aromatic N) is 4. The summed E-state index contributed by atoms with van der Waals surface area (Å²) in [7, 11) is 0. The molecule has 2 aliphatic heterocycles. The molecule has 1 fully saturated rings. The van der Waals surface area contributed by atoms with E-state index in [4.69, 9.17) is 14.5 Å². The third-order valence-corrected chi connectivity index (χ3v) is 8.32. The van der Waals surface area contributed by atoms with Crippen molar-refractivity contribution in [1.29, 1.82) is 0 Å². The van der Waals surface area contributed by atoms with Gasteiger partial charge >= 0.3 is 6.09 Å². The van der Waals surface area contributed by atoms with Gasteiger partial charge in [-0.1, -0.05) is 41.5 Å². The van der Waals surface area contributed by atoms with Crippen molar-refractivity contribution in [2.24, 2.45) is 0 Å². The number of ketones is 1. The van der Waals surface area contributed by atoms with Crippen LogP contribution in [0.5, 0.6) is 0 Å². The lowest BCUT2D eigenvalue weighted by molar-refractivity contribution is 0.0187. The van der Waals surface area contributed by atoms with Crippen LogP contribution in [0.3, 0.4) is 0 Å². The number of rotatable bonds is 4. The summed E-state index contributed by atoms with van der Waals surface area (Å²) in [4.78, 5) is 35.4. The van der Waals surface area contributed by atoms with E-state index in [1.807, 2.05) is 68.4 Å². The highest BCUT2D eigenvalue weighted by molar-refractivity contribution is 7.15. The van der Waals surface area contributed by atoms with Crippen LogP contribution in [-0.4, -0.2) is 69.5 Å². The summed E-state index contributed by atoms with van der Waals surface area (Å²) in [6.07, 6.45) is 2.58. The lowest BCUT2D eigenvalue weighted by Crippen LogP contribution is -2.39. The zero-order valence-corrected chi connectivity index (χ0v) is 29.4. The standard InChI is InChI=1S/C28H36N4O4S.3C2H6/c1-17-22(19(3)33)14-21-13-20(15-32(21)25(17)18(2)30-9-11-35-12-10-30)26-29-23-7-8-31(16-24(23)37-26)27(34)36-28(4,5)6;3*1-2/h13-15,18H,7-12,16H2,1-6H3;3*1-2H3. The molecule has 3 aromatic heterocycles. The summed E-state index contributed by atoms with van der Waals surface area (Å²) in [6.45, 7) is 27.9. The summed E-state index contributed by atoms with van der Waals surface area (Å²) in [6, 6.07) is 4.25. The van der Waals surface area contributed by atoms with Crippen molar-refractivity contribution in [1.82, 2.24) is 19.2 Å². The third-order valence-electron chi connectivity index (χ3n) is 7.19. The Balaban J connectivity index is 0.00000101. The van der Waals surface area contributed by atoms with E-state index in [-0.39, 0.29) is 17.9 Å². The molecule has 0 N–H and O–H groups in total. The van der Waals surface area contributed by atoms with Gasteiger partial charge in [0.2, 0.25) is 0 Å². The second-order valence-electron chi connectivity index (χ2n) is 11.0. The number of carbonyl (C=O) groups is 2. The maximum Gasteiger partial charge on any atom is 0.410 e. The van der Waals surface area contributed by atoms with Crippen molar-refractivity contribution >= 4 is 28.7 Å². The highest BCUT2D eigenvalue weighted by Gasteiger charge is 2.29. The molecular formula is C34H54N4O4S. The molecule has 0 aliphatic carbocycles. The molecule has 0 radical (unpaired) electrons. The second kappa shape index (κ2) is 16.4. The average molecular weight is 615 g/mol. The maximum atomic E-state index is 12.6. The molecule has 2 aliphatic rings. The molecule has 0 saturated carbocycles. The number of carbonyl (C=O) groups excluding carboxylic acids is 2. The topological polar surface area (TPSA) is 76.4 Å². The predicted octanol–water partition coefficient (Wildman–Crippen LogP) is 8.34. The van der Waals surface area contributed by atoms with Crippen LogP contribution in [0.2, 0.25) is 0 Å². The van der Waals surface area contributed by atoms with Gasteiger partial charge in [-0.2, -0.15) is 0 Å². The van der Waals surface area contributed by atoms with E-state index in [0.717, 1.165) is 69.8 Å². The quantitative estimate of drug-likeness (QED) is 0.275. The molecule has 1 amide bonds. The van der Waals surface area contributed by atoms with E-state index in [0.29, 0.717) is 19.5 Å². The van der Waals surface area contributed by atoms with Gasteiger partial charge in [-0.25, -0.2) is 9.78 Å². The number of Topliss-reactive ketones (excluding diaryl/α,β-unsaturated/α-hetero) is 1. The van der Waals surface area contributed by atoms with Crippen molar-refractivity contribution in [3.63, 3.8) is 0 Å². The van der Waals surface area contributed by atoms with Gasteiger partial charge in [0, 0.05) is 65.5 Å². The van der Waals surface area contributed by atoms with Crippen molar-refractivity contribution in [3.05, 3.63) is 45.7 Å². The Morgan fingerprint density at radius 2 is 1.65 bits per heavy atom. The normalized spacial score (nSPS) is 15.6. The monoisotopic (exact) mass is 614 g/mol. The first kappa shape index (κ1) is 36.4. The molecule has 8 nitrogen and oxygen atoms in total. The Morgan fingerprint density at radius 1 is 1.02 bits per heavy atom. The molecule has 0 aromatic carbocycles. The zero-order chi connectivity index (χ0) is 32.5. The fourth-order valence-electron chi connectivity index (χ4n) is 5.31. The van der Waals surface area contributed by atoms with E-state index in [9.17, 15) is 9.59 Å². The molecule has 1 atom stereocenters. The van der Waals surface area contributed by atoms with Gasteiger partial charge in [-0.3, -0.25) is 9.69 Å². The van der Waals surface area contributed by atoms with E-state index in [1.54, 1.807) is 23.2 Å². The van der Waals surface area contributed by atoms with E-state index < -0.39 is 5.60 Å². The largest absolute Gasteiger partial charge is 0.444 e. The number of fused-ring (bicyclic) bond motifs is 2. The highest BCUT2D eigenvalue weighted by atomic mass is 32.1. The van der Waals surface area contributed by atoms with Gasteiger partial charge < -0.3 is 18.8 Å². The van der Waals surface area contributed by atoms with Crippen molar-refractivity contribution in [3.8, 4) is 10.6 Å². The summed E-state index contributed by atoms with van der Waals surface area (Å²) in [5.41, 5.74) is 5.47. The van der Waals surface area contributed by atoms with Crippen LogP contribution in [0.4, 0.5) is 4.79 Å². The molecule has 3 aromatic rings. The van der Waals surface area contributed by atoms with E-state index in [2.05, 4.69) is 35.4 Å². The number of hydrogen-bond acceptors (Lipinski definition) is 7. The Bertz CT molecular complexity index is 1350. The fourth-order valence-corrected chi connectivity index (χ4v) is 6.42. The number of ether oxygens (including phenoxy) is 2. The smallest absolute Gasteiger partial charge is 0.410 e. The molecule has 9 heteroatoms. The van der Waals surface area contributed by atoms with Crippen LogP contribution >= 0.6 is 11.3 Å². The molecule has 240 valence electrons. The molecule has 1 unspecified atom stereocenters. The summed E-state index contributed by atoms with van der Waals surface area (Å²) in [5, 5.41) is 0.937. The molecule has 43 heavy (non-hydrogen) atoms.